The van der Waals surface area contributed by atoms with Crippen molar-refractivity contribution in [1.82, 2.24) is 19.6 Å². The molecule has 1 atom stereocenters. The Hall–Kier alpha value is -2.99. The van der Waals surface area contributed by atoms with Gasteiger partial charge < -0.3 is 0 Å². The zero-order valence-electron chi connectivity index (χ0n) is 17.0. The van der Waals surface area contributed by atoms with E-state index in [4.69, 9.17) is 5.10 Å². The number of ketones is 1. The van der Waals surface area contributed by atoms with Crippen LogP contribution in [0.25, 0.3) is 5.78 Å². The molecule has 150 valence electrons. The molecular weight excluding hydrogens is 392 g/mol. The lowest BCUT2D eigenvalue weighted by Crippen LogP contribution is -2.22. The van der Waals surface area contributed by atoms with Crippen LogP contribution in [0, 0.1) is 13.8 Å². The first-order chi connectivity index (χ1) is 14.6. The average molecular weight is 415 g/mol. The van der Waals surface area contributed by atoms with Gasteiger partial charge in [0, 0.05) is 18.4 Å². The van der Waals surface area contributed by atoms with Crippen LogP contribution < -0.4 is 0 Å². The highest BCUT2D eigenvalue weighted by molar-refractivity contribution is 7.98. The molecule has 0 N–H and O–H groups in total. The van der Waals surface area contributed by atoms with Crippen molar-refractivity contribution in [2.75, 3.05) is 0 Å². The Bertz CT molecular complexity index is 1250. The number of Topliss-reactive ketones (excluding diaryl/α,β-unsaturated/α-hetero) is 1. The van der Waals surface area contributed by atoms with Crippen molar-refractivity contribution in [3.05, 3.63) is 88.2 Å². The van der Waals surface area contributed by atoms with Crippen molar-refractivity contribution in [3.8, 4) is 0 Å². The van der Waals surface area contributed by atoms with Gasteiger partial charge in [-0.3, -0.25) is 4.79 Å². The first-order valence-corrected chi connectivity index (χ1v) is 11.1. The minimum atomic E-state index is 0.126. The van der Waals surface area contributed by atoms with E-state index in [-0.39, 0.29) is 11.7 Å². The average Bonchev–Trinajstić information content (AvgIpc) is 3.17. The van der Waals surface area contributed by atoms with Gasteiger partial charge in [0.25, 0.3) is 5.78 Å². The molecule has 0 saturated heterocycles. The van der Waals surface area contributed by atoms with Crippen LogP contribution in [0.5, 0.6) is 0 Å². The first kappa shape index (κ1) is 19.0. The van der Waals surface area contributed by atoms with E-state index in [1.54, 1.807) is 22.5 Å². The maximum atomic E-state index is 12.8. The van der Waals surface area contributed by atoms with Crippen LogP contribution in [0.3, 0.4) is 0 Å². The maximum absolute atomic E-state index is 12.8. The van der Waals surface area contributed by atoms with E-state index >= 15 is 0 Å². The zero-order valence-corrected chi connectivity index (χ0v) is 17.8. The number of fused-ring (bicyclic) bond motifs is 3. The molecule has 2 aromatic heterocycles. The van der Waals surface area contributed by atoms with Crippen LogP contribution in [0.15, 0.2) is 59.9 Å². The molecule has 0 fully saturated rings. The number of aromatic nitrogens is 4. The van der Waals surface area contributed by atoms with Gasteiger partial charge >= 0.3 is 0 Å². The standard InChI is InChI=1S/C24H22N4OS/c1-15-6-8-17(9-7-15)14-30-24-26-23-25-13-20-21(28(23)27-24)11-19(12-22(20)29)18-5-3-4-16(2)10-18/h3-10,13,19H,11-12,14H2,1-2H3. The van der Waals surface area contributed by atoms with Gasteiger partial charge in [0.1, 0.15) is 0 Å². The van der Waals surface area contributed by atoms with E-state index in [9.17, 15) is 4.79 Å². The molecule has 30 heavy (non-hydrogen) atoms. The van der Waals surface area contributed by atoms with Crippen molar-refractivity contribution in [2.45, 2.75) is 43.5 Å². The monoisotopic (exact) mass is 414 g/mol. The summed E-state index contributed by atoms with van der Waals surface area (Å²) in [6, 6.07) is 16.9. The number of nitrogens with zero attached hydrogens (tertiary/aromatic N) is 4. The number of hydrogen-bond donors (Lipinski definition) is 0. The van der Waals surface area contributed by atoms with Gasteiger partial charge in [0.15, 0.2) is 5.78 Å². The van der Waals surface area contributed by atoms with Crippen molar-refractivity contribution in [2.24, 2.45) is 0 Å². The van der Waals surface area contributed by atoms with Crippen LogP contribution in [0.1, 0.15) is 50.6 Å². The van der Waals surface area contributed by atoms with Gasteiger partial charge in [0.2, 0.25) is 5.16 Å². The second-order valence-electron chi connectivity index (χ2n) is 7.94. The van der Waals surface area contributed by atoms with E-state index < -0.39 is 0 Å². The summed E-state index contributed by atoms with van der Waals surface area (Å²) in [6.07, 6.45) is 2.94. The predicted octanol–water partition coefficient (Wildman–Crippen LogP) is 4.95. The summed E-state index contributed by atoms with van der Waals surface area (Å²) in [7, 11) is 0. The molecule has 5 rings (SSSR count). The van der Waals surface area contributed by atoms with Crippen LogP contribution in [-0.2, 0) is 12.2 Å². The molecule has 6 heteroatoms. The summed E-state index contributed by atoms with van der Waals surface area (Å²) in [5.41, 5.74) is 6.48. The first-order valence-electron chi connectivity index (χ1n) is 10.1. The van der Waals surface area contributed by atoms with Crippen molar-refractivity contribution in [3.63, 3.8) is 0 Å². The highest BCUT2D eigenvalue weighted by Gasteiger charge is 2.29. The number of aryl methyl sites for hydroxylation is 2. The normalized spacial score (nSPS) is 16.1. The molecule has 0 saturated carbocycles. The van der Waals surface area contributed by atoms with E-state index in [0.717, 1.165) is 17.9 Å². The number of carbonyl (C=O) groups excluding carboxylic acids is 1. The van der Waals surface area contributed by atoms with Crippen LogP contribution in [0.2, 0.25) is 0 Å². The minimum absolute atomic E-state index is 0.126. The smallest absolute Gasteiger partial charge is 0.253 e. The fourth-order valence-electron chi connectivity index (χ4n) is 3.98. The lowest BCUT2D eigenvalue weighted by Gasteiger charge is -2.24. The van der Waals surface area contributed by atoms with Gasteiger partial charge in [-0.05, 0) is 37.3 Å². The Morgan fingerprint density at radius 3 is 2.70 bits per heavy atom. The molecule has 1 aliphatic carbocycles. The molecule has 1 aliphatic rings. The highest BCUT2D eigenvalue weighted by Crippen LogP contribution is 2.33. The van der Waals surface area contributed by atoms with Crippen molar-refractivity contribution in [1.29, 1.82) is 0 Å². The number of hydrogen-bond acceptors (Lipinski definition) is 5. The molecule has 2 heterocycles. The lowest BCUT2D eigenvalue weighted by atomic mass is 9.82. The van der Waals surface area contributed by atoms with Gasteiger partial charge in [0.05, 0.1) is 11.3 Å². The summed E-state index contributed by atoms with van der Waals surface area (Å²) in [5.74, 6) is 1.63. The van der Waals surface area contributed by atoms with Gasteiger partial charge in [-0.15, -0.1) is 5.10 Å². The van der Waals surface area contributed by atoms with E-state index in [1.807, 2.05) is 0 Å². The summed E-state index contributed by atoms with van der Waals surface area (Å²) >= 11 is 1.59. The Morgan fingerprint density at radius 2 is 1.90 bits per heavy atom. The largest absolute Gasteiger partial charge is 0.294 e. The van der Waals surface area contributed by atoms with Crippen LogP contribution in [-0.4, -0.2) is 25.4 Å². The van der Waals surface area contributed by atoms with E-state index in [2.05, 4.69) is 72.3 Å². The lowest BCUT2D eigenvalue weighted by molar-refractivity contribution is 0.0962. The van der Waals surface area contributed by atoms with E-state index in [0.29, 0.717) is 22.9 Å². The minimum Gasteiger partial charge on any atom is -0.294 e. The fraction of sp³-hybridized carbons (Fsp3) is 0.250. The zero-order chi connectivity index (χ0) is 20.7. The Labute approximate surface area is 179 Å². The molecule has 5 nitrogen and oxygen atoms in total. The summed E-state index contributed by atoms with van der Waals surface area (Å²) in [4.78, 5) is 21.8. The summed E-state index contributed by atoms with van der Waals surface area (Å²) in [5, 5.41) is 5.37. The maximum Gasteiger partial charge on any atom is 0.253 e. The van der Waals surface area contributed by atoms with Gasteiger partial charge in [-0.1, -0.05) is 71.4 Å². The quantitative estimate of drug-likeness (QED) is 0.442. The van der Waals surface area contributed by atoms with E-state index in [1.165, 1.54) is 22.3 Å². The Balaban J connectivity index is 1.45. The second kappa shape index (κ2) is 7.69. The number of thioether (sulfide) groups is 1. The molecule has 0 aliphatic heterocycles. The molecule has 0 radical (unpaired) electrons. The highest BCUT2D eigenvalue weighted by atomic mass is 32.2. The van der Waals surface area contributed by atoms with Crippen molar-refractivity contribution >= 4 is 23.3 Å². The molecular formula is C24H22N4OS. The third kappa shape index (κ3) is 3.63. The molecule has 1 unspecified atom stereocenters. The molecule has 0 bridgehead atoms. The SMILES string of the molecule is Cc1ccc(CSc2nc3ncc4c(n3n2)CC(c2cccc(C)c2)CC4=O)cc1. The second-order valence-corrected chi connectivity index (χ2v) is 8.88. The topological polar surface area (TPSA) is 60.1 Å². The Morgan fingerprint density at radius 1 is 1.07 bits per heavy atom. The molecule has 0 spiro atoms. The molecule has 4 aromatic rings. The fourth-order valence-corrected chi connectivity index (χ4v) is 4.76. The third-order valence-electron chi connectivity index (χ3n) is 5.62. The van der Waals surface area contributed by atoms with Crippen LogP contribution >= 0.6 is 11.8 Å². The van der Waals surface area contributed by atoms with Crippen LogP contribution in [0.4, 0.5) is 0 Å². The summed E-state index contributed by atoms with van der Waals surface area (Å²) < 4.78 is 1.77. The number of benzene rings is 2. The number of carbonyl (C=O) groups is 1. The molecule has 2 aromatic carbocycles. The predicted molar refractivity (Wildman–Crippen MR) is 118 cm³/mol. The van der Waals surface area contributed by atoms with Crippen molar-refractivity contribution < 1.29 is 4.79 Å². The van der Waals surface area contributed by atoms with Gasteiger partial charge in [-0.2, -0.15) is 9.50 Å². The number of rotatable bonds is 4. The van der Waals surface area contributed by atoms with Gasteiger partial charge in [-0.25, -0.2) is 4.98 Å². The Kier molecular flexibility index (Phi) is 4.87. The molecule has 0 amide bonds. The summed E-state index contributed by atoms with van der Waals surface area (Å²) in [6.45, 7) is 4.17. The third-order valence-corrected chi connectivity index (χ3v) is 6.53.